The fourth-order valence-electron chi connectivity index (χ4n) is 1.72. The lowest BCUT2D eigenvalue weighted by Crippen LogP contribution is -2.27. The monoisotopic (exact) mass is 229 g/mol. The molecule has 0 aliphatic rings. The second-order valence-electron chi connectivity index (χ2n) is 5.18. The number of ketones is 1. The quantitative estimate of drug-likeness (QED) is 0.764. The third-order valence-corrected chi connectivity index (χ3v) is 2.68. The number of aromatic amines is 1. The molecule has 0 amide bonds. The summed E-state index contributed by atoms with van der Waals surface area (Å²) in [5, 5.41) is 0.875. The van der Waals surface area contributed by atoms with Gasteiger partial charge >= 0.3 is 0 Å². The number of rotatable bonds is 1. The van der Waals surface area contributed by atoms with Crippen LogP contribution >= 0.6 is 0 Å². The maximum Gasteiger partial charge on any atom is 0.259 e. The molecular weight excluding hydrogens is 214 g/mol. The van der Waals surface area contributed by atoms with Gasteiger partial charge in [-0.05, 0) is 17.5 Å². The van der Waals surface area contributed by atoms with Crippen molar-refractivity contribution in [2.45, 2.75) is 20.8 Å². The van der Waals surface area contributed by atoms with Crippen molar-refractivity contribution in [2.24, 2.45) is 5.41 Å². The van der Waals surface area contributed by atoms with Gasteiger partial charge in [0.1, 0.15) is 0 Å². The van der Waals surface area contributed by atoms with Gasteiger partial charge < -0.3 is 4.98 Å². The molecule has 0 bridgehead atoms. The third-order valence-electron chi connectivity index (χ3n) is 2.68. The maximum absolute atomic E-state index is 12.1. The Hall–Kier alpha value is -1.90. The molecule has 1 heterocycles. The molecule has 1 aromatic carbocycles. The van der Waals surface area contributed by atoms with E-state index >= 15 is 0 Å². The number of pyridine rings is 1. The van der Waals surface area contributed by atoms with Crippen LogP contribution in [-0.4, -0.2) is 10.8 Å². The van der Waals surface area contributed by atoms with Crippen LogP contribution in [-0.2, 0) is 0 Å². The van der Waals surface area contributed by atoms with Gasteiger partial charge in [0.25, 0.3) is 5.56 Å². The fraction of sp³-hybridized carbons (Fsp3) is 0.286. The predicted molar refractivity (Wildman–Crippen MR) is 68.4 cm³/mol. The number of H-pyrrole nitrogens is 1. The van der Waals surface area contributed by atoms with Gasteiger partial charge in [-0.15, -0.1) is 0 Å². The molecule has 0 saturated heterocycles. The average molecular weight is 229 g/mol. The van der Waals surface area contributed by atoms with Crippen molar-refractivity contribution in [3.05, 3.63) is 46.2 Å². The molecule has 0 radical (unpaired) electrons. The smallest absolute Gasteiger partial charge is 0.259 e. The first kappa shape index (κ1) is 11.6. The van der Waals surface area contributed by atoms with Gasteiger partial charge in [0.15, 0.2) is 5.78 Å². The van der Waals surface area contributed by atoms with Gasteiger partial charge in [0, 0.05) is 10.9 Å². The molecule has 2 aromatic rings. The number of hydrogen-bond donors (Lipinski definition) is 1. The van der Waals surface area contributed by atoms with Crippen LogP contribution in [0.4, 0.5) is 0 Å². The highest BCUT2D eigenvalue weighted by Gasteiger charge is 2.25. The number of fused-ring (bicyclic) bond motifs is 1. The summed E-state index contributed by atoms with van der Waals surface area (Å²) in [5.41, 5.74) is 0.123. The molecule has 0 aliphatic heterocycles. The largest absolute Gasteiger partial charge is 0.321 e. The molecule has 1 N–H and O–H groups in total. The van der Waals surface area contributed by atoms with Gasteiger partial charge in [-0.2, -0.15) is 0 Å². The molecule has 0 saturated carbocycles. The van der Waals surface area contributed by atoms with Crippen molar-refractivity contribution in [3.8, 4) is 0 Å². The molecule has 0 unspecified atom stereocenters. The average Bonchev–Trinajstić information content (AvgIpc) is 2.26. The summed E-state index contributed by atoms with van der Waals surface area (Å²) in [6.07, 6.45) is 0. The van der Waals surface area contributed by atoms with Gasteiger partial charge in [0.2, 0.25) is 0 Å². The zero-order valence-electron chi connectivity index (χ0n) is 10.2. The molecule has 1 aromatic heterocycles. The Kier molecular flexibility index (Phi) is 2.62. The van der Waals surface area contributed by atoms with Crippen LogP contribution in [0.3, 0.4) is 0 Å². The molecule has 88 valence electrons. The highest BCUT2D eigenvalue weighted by molar-refractivity contribution is 6.01. The molecule has 17 heavy (non-hydrogen) atoms. The first-order chi connectivity index (χ1) is 7.89. The van der Waals surface area contributed by atoms with Crippen LogP contribution in [0, 0.1) is 5.41 Å². The summed E-state index contributed by atoms with van der Waals surface area (Å²) in [4.78, 5) is 26.7. The van der Waals surface area contributed by atoms with Gasteiger partial charge in [-0.1, -0.05) is 39.0 Å². The molecule has 0 fully saturated rings. The first-order valence-electron chi connectivity index (χ1n) is 5.56. The van der Waals surface area contributed by atoms with Crippen molar-refractivity contribution in [2.75, 3.05) is 0 Å². The second-order valence-corrected chi connectivity index (χ2v) is 5.18. The minimum absolute atomic E-state index is 0.135. The van der Waals surface area contributed by atoms with Crippen LogP contribution in [0.2, 0.25) is 0 Å². The number of aromatic nitrogens is 1. The van der Waals surface area contributed by atoms with Crippen molar-refractivity contribution in [3.63, 3.8) is 0 Å². The highest BCUT2D eigenvalue weighted by atomic mass is 16.1. The summed E-state index contributed by atoms with van der Waals surface area (Å²) in [7, 11) is 0. The lowest BCUT2D eigenvalue weighted by atomic mass is 9.87. The Morgan fingerprint density at radius 1 is 1.18 bits per heavy atom. The number of carbonyl (C=O) groups excluding carboxylic acids is 1. The molecule has 3 heteroatoms. The SMILES string of the molecule is CC(C)(C)C(=O)c1cc2ccccc2[nH]c1=O. The molecule has 0 atom stereocenters. The number of carbonyl (C=O) groups is 1. The van der Waals surface area contributed by atoms with E-state index in [1.807, 2.05) is 45.0 Å². The van der Waals surface area contributed by atoms with Gasteiger partial charge in [0.05, 0.1) is 5.56 Å². The summed E-state index contributed by atoms with van der Waals surface area (Å²) in [6, 6.07) is 9.10. The topological polar surface area (TPSA) is 49.9 Å². The Bertz CT molecular complexity index is 632. The van der Waals surface area contributed by atoms with Gasteiger partial charge in [-0.3, -0.25) is 9.59 Å². The molecule has 0 aliphatic carbocycles. The van der Waals surface area contributed by atoms with E-state index in [0.717, 1.165) is 10.9 Å². The Morgan fingerprint density at radius 3 is 2.47 bits per heavy atom. The molecule has 2 rings (SSSR count). The van der Waals surface area contributed by atoms with Crippen LogP contribution in [0.15, 0.2) is 35.1 Å². The predicted octanol–water partition coefficient (Wildman–Crippen LogP) is 2.76. The summed E-state index contributed by atoms with van der Waals surface area (Å²) < 4.78 is 0. The number of hydrogen-bond acceptors (Lipinski definition) is 2. The fourth-order valence-corrected chi connectivity index (χ4v) is 1.72. The van der Waals surface area contributed by atoms with Crippen LogP contribution < -0.4 is 5.56 Å². The lowest BCUT2D eigenvalue weighted by Gasteiger charge is -2.16. The third kappa shape index (κ3) is 2.13. The zero-order chi connectivity index (χ0) is 12.6. The van der Waals surface area contributed by atoms with Crippen molar-refractivity contribution in [1.82, 2.24) is 4.98 Å². The van der Waals surface area contributed by atoms with E-state index in [1.54, 1.807) is 6.07 Å². The van der Waals surface area contributed by atoms with E-state index in [0.29, 0.717) is 0 Å². The van der Waals surface area contributed by atoms with E-state index in [-0.39, 0.29) is 16.9 Å². The van der Waals surface area contributed by atoms with Crippen LogP contribution in [0.25, 0.3) is 10.9 Å². The van der Waals surface area contributed by atoms with E-state index < -0.39 is 5.41 Å². The number of para-hydroxylation sites is 1. The van der Waals surface area contributed by atoms with Crippen LogP contribution in [0.5, 0.6) is 0 Å². The standard InChI is InChI=1S/C14H15NO2/c1-14(2,3)12(16)10-8-9-6-4-5-7-11(9)15-13(10)17/h4-8H,1-3H3,(H,15,17). The van der Waals surface area contributed by atoms with E-state index in [9.17, 15) is 9.59 Å². The van der Waals surface area contributed by atoms with E-state index in [4.69, 9.17) is 0 Å². The Balaban J connectivity index is 2.67. The number of benzene rings is 1. The summed E-state index contributed by atoms with van der Waals surface area (Å²) in [6.45, 7) is 5.43. The lowest BCUT2D eigenvalue weighted by molar-refractivity contribution is 0.0857. The van der Waals surface area contributed by atoms with E-state index in [2.05, 4.69) is 4.98 Å². The summed E-state index contributed by atoms with van der Waals surface area (Å²) in [5.74, 6) is -0.135. The number of nitrogens with one attached hydrogen (secondary N) is 1. The van der Waals surface area contributed by atoms with Crippen LogP contribution in [0.1, 0.15) is 31.1 Å². The highest BCUT2D eigenvalue weighted by Crippen LogP contribution is 2.20. The summed E-state index contributed by atoms with van der Waals surface area (Å²) >= 11 is 0. The second kappa shape index (κ2) is 3.84. The normalized spacial score (nSPS) is 11.7. The Labute approximate surface area is 99.5 Å². The molecular formula is C14H15NO2. The van der Waals surface area contributed by atoms with E-state index in [1.165, 1.54) is 0 Å². The Morgan fingerprint density at radius 2 is 1.82 bits per heavy atom. The molecule has 0 spiro atoms. The van der Waals surface area contributed by atoms with Crippen molar-refractivity contribution < 1.29 is 4.79 Å². The minimum Gasteiger partial charge on any atom is -0.321 e. The van der Waals surface area contributed by atoms with Crippen molar-refractivity contribution in [1.29, 1.82) is 0 Å². The van der Waals surface area contributed by atoms with Crippen molar-refractivity contribution >= 4 is 16.7 Å². The first-order valence-corrected chi connectivity index (χ1v) is 5.56. The maximum atomic E-state index is 12.1. The molecule has 3 nitrogen and oxygen atoms in total. The zero-order valence-corrected chi connectivity index (χ0v) is 10.2. The van der Waals surface area contributed by atoms with Gasteiger partial charge in [-0.25, -0.2) is 0 Å². The minimum atomic E-state index is -0.546. The number of Topliss-reactive ketones (excluding diaryl/α,β-unsaturated/α-hetero) is 1.